The summed E-state index contributed by atoms with van der Waals surface area (Å²) in [4.78, 5) is 6.62. The zero-order valence-electron chi connectivity index (χ0n) is 14.9. The van der Waals surface area contributed by atoms with Gasteiger partial charge in [0.15, 0.2) is 5.96 Å². The van der Waals surface area contributed by atoms with Crippen molar-refractivity contribution in [1.82, 2.24) is 14.7 Å². The number of hydrogen-bond acceptors (Lipinski definition) is 4. The van der Waals surface area contributed by atoms with Gasteiger partial charge >= 0.3 is 0 Å². The van der Waals surface area contributed by atoms with Crippen molar-refractivity contribution in [2.24, 2.45) is 10.7 Å². The van der Waals surface area contributed by atoms with Gasteiger partial charge in [-0.3, -0.25) is 4.99 Å². The van der Waals surface area contributed by atoms with E-state index in [2.05, 4.69) is 21.1 Å². The van der Waals surface area contributed by atoms with Crippen LogP contribution in [0.2, 0.25) is 0 Å². The standard InChI is InChI=1S/C19H25N7/c20-14-16-17(24-26(18(16)21)15-8-3-1-4-9-15)10-7-11-23-19(22)25-12-5-2-6-13-25/h1,3-4,8-9H,2,5-7,10-13,21H2,(H2,22,23). The summed E-state index contributed by atoms with van der Waals surface area (Å²) in [5.41, 5.74) is 14.2. The lowest BCUT2D eigenvalue weighted by Crippen LogP contribution is -2.40. The van der Waals surface area contributed by atoms with E-state index in [1.54, 1.807) is 4.68 Å². The fourth-order valence-electron chi connectivity index (χ4n) is 3.20. The maximum absolute atomic E-state index is 9.44. The number of anilines is 1. The van der Waals surface area contributed by atoms with E-state index >= 15 is 0 Å². The highest BCUT2D eigenvalue weighted by Gasteiger charge is 2.16. The Bertz CT molecular complexity index is 795. The number of guanidine groups is 1. The average molecular weight is 351 g/mol. The van der Waals surface area contributed by atoms with E-state index in [-0.39, 0.29) is 0 Å². The Morgan fingerprint density at radius 2 is 1.92 bits per heavy atom. The van der Waals surface area contributed by atoms with Crippen LogP contribution in [-0.4, -0.2) is 40.3 Å². The summed E-state index contributed by atoms with van der Waals surface area (Å²) in [6.45, 7) is 2.60. The van der Waals surface area contributed by atoms with Crippen molar-refractivity contribution in [3.63, 3.8) is 0 Å². The molecule has 7 heteroatoms. The van der Waals surface area contributed by atoms with Crippen molar-refractivity contribution in [3.05, 3.63) is 41.6 Å². The minimum Gasteiger partial charge on any atom is -0.382 e. The number of piperidine rings is 1. The molecular formula is C19H25N7. The fraction of sp³-hybridized carbons (Fsp3) is 0.421. The van der Waals surface area contributed by atoms with Crippen LogP contribution in [-0.2, 0) is 6.42 Å². The molecule has 0 bridgehead atoms. The number of nitriles is 1. The van der Waals surface area contributed by atoms with Crippen LogP contribution in [0.1, 0.15) is 36.9 Å². The van der Waals surface area contributed by atoms with Crippen LogP contribution in [0.25, 0.3) is 5.69 Å². The van der Waals surface area contributed by atoms with E-state index in [4.69, 9.17) is 11.5 Å². The molecule has 0 amide bonds. The maximum atomic E-state index is 9.44. The Kier molecular flexibility index (Phi) is 5.74. The lowest BCUT2D eigenvalue weighted by Gasteiger charge is -2.27. The molecule has 0 radical (unpaired) electrons. The van der Waals surface area contributed by atoms with Gasteiger partial charge in [0, 0.05) is 19.6 Å². The van der Waals surface area contributed by atoms with Gasteiger partial charge in [0.25, 0.3) is 0 Å². The zero-order chi connectivity index (χ0) is 18.4. The first-order valence-electron chi connectivity index (χ1n) is 9.08. The summed E-state index contributed by atoms with van der Waals surface area (Å²) < 4.78 is 1.62. The Labute approximate surface area is 153 Å². The molecule has 2 heterocycles. The topological polar surface area (TPSA) is 109 Å². The molecule has 1 aromatic heterocycles. The Morgan fingerprint density at radius 1 is 1.19 bits per heavy atom. The molecule has 1 saturated heterocycles. The molecule has 2 aromatic rings. The number of aromatic nitrogens is 2. The highest BCUT2D eigenvalue weighted by atomic mass is 15.3. The molecule has 0 saturated carbocycles. The van der Waals surface area contributed by atoms with Crippen LogP contribution in [0, 0.1) is 11.3 Å². The number of para-hydroxylation sites is 1. The van der Waals surface area contributed by atoms with Gasteiger partial charge in [-0.2, -0.15) is 10.4 Å². The molecule has 0 atom stereocenters. The minimum absolute atomic E-state index is 0.380. The second kappa shape index (κ2) is 8.39. The van der Waals surface area contributed by atoms with Gasteiger partial charge in [-0.15, -0.1) is 0 Å². The molecule has 0 spiro atoms. The predicted molar refractivity (Wildman–Crippen MR) is 103 cm³/mol. The Hall–Kier alpha value is -3.01. The SMILES string of the molecule is N#Cc1c(CCCN=C(N)N2CCCCC2)nn(-c2ccccc2)c1N. The van der Waals surface area contributed by atoms with Crippen LogP contribution in [0.4, 0.5) is 5.82 Å². The van der Waals surface area contributed by atoms with Gasteiger partial charge in [0.05, 0.1) is 11.4 Å². The number of nitrogens with zero attached hydrogens (tertiary/aromatic N) is 5. The lowest BCUT2D eigenvalue weighted by atomic mass is 10.1. The van der Waals surface area contributed by atoms with E-state index in [0.717, 1.165) is 25.2 Å². The molecule has 26 heavy (non-hydrogen) atoms. The summed E-state index contributed by atoms with van der Waals surface area (Å²) in [6.07, 6.45) is 5.04. The predicted octanol–water partition coefficient (Wildman–Crippen LogP) is 2.06. The Balaban J connectivity index is 1.64. The molecule has 3 rings (SSSR count). The second-order valence-electron chi connectivity index (χ2n) is 6.46. The van der Waals surface area contributed by atoms with Crippen molar-refractivity contribution < 1.29 is 0 Å². The summed E-state index contributed by atoms with van der Waals surface area (Å²) >= 11 is 0. The summed E-state index contributed by atoms with van der Waals surface area (Å²) in [5.74, 6) is 1.00. The molecule has 7 nitrogen and oxygen atoms in total. The second-order valence-corrected chi connectivity index (χ2v) is 6.46. The van der Waals surface area contributed by atoms with Gasteiger partial charge < -0.3 is 16.4 Å². The quantitative estimate of drug-likeness (QED) is 0.487. The zero-order valence-corrected chi connectivity index (χ0v) is 14.9. The van der Waals surface area contributed by atoms with Gasteiger partial charge in [-0.05, 0) is 44.2 Å². The van der Waals surface area contributed by atoms with E-state index in [0.29, 0.717) is 36.0 Å². The lowest BCUT2D eigenvalue weighted by molar-refractivity contribution is 0.338. The molecule has 1 aliphatic heterocycles. The van der Waals surface area contributed by atoms with Gasteiger partial charge in [0.1, 0.15) is 17.5 Å². The molecular weight excluding hydrogens is 326 g/mol. The number of hydrogen-bond donors (Lipinski definition) is 2. The number of rotatable bonds is 5. The van der Waals surface area contributed by atoms with Crippen molar-refractivity contribution in [2.45, 2.75) is 32.1 Å². The summed E-state index contributed by atoms with van der Waals surface area (Å²) in [7, 11) is 0. The van der Waals surface area contributed by atoms with Crippen LogP contribution >= 0.6 is 0 Å². The number of benzene rings is 1. The normalized spacial score (nSPS) is 15.0. The molecule has 4 N–H and O–H groups in total. The van der Waals surface area contributed by atoms with Gasteiger partial charge in [-0.1, -0.05) is 18.2 Å². The number of nitrogen functional groups attached to an aromatic ring is 1. The molecule has 1 aromatic carbocycles. The van der Waals surface area contributed by atoms with Crippen LogP contribution < -0.4 is 11.5 Å². The van der Waals surface area contributed by atoms with Crippen molar-refractivity contribution in [3.8, 4) is 11.8 Å². The van der Waals surface area contributed by atoms with E-state index < -0.39 is 0 Å². The van der Waals surface area contributed by atoms with Crippen molar-refractivity contribution in [1.29, 1.82) is 5.26 Å². The van der Waals surface area contributed by atoms with Crippen LogP contribution in [0.3, 0.4) is 0 Å². The fourth-order valence-corrected chi connectivity index (χ4v) is 3.20. The number of likely N-dealkylation sites (tertiary alicyclic amines) is 1. The van der Waals surface area contributed by atoms with Crippen LogP contribution in [0.15, 0.2) is 35.3 Å². The van der Waals surface area contributed by atoms with Crippen molar-refractivity contribution in [2.75, 3.05) is 25.4 Å². The third-order valence-corrected chi connectivity index (χ3v) is 4.63. The minimum atomic E-state index is 0.380. The average Bonchev–Trinajstić information content (AvgIpc) is 3.01. The summed E-state index contributed by atoms with van der Waals surface area (Å²) in [5, 5.41) is 14.0. The molecule has 0 aliphatic carbocycles. The number of aliphatic imine (C=N–C) groups is 1. The smallest absolute Gasteiger partial charge is 0.191 e. The maximum Gasteiger partial charge on any atom is 0.191 e. The highest BCUT2D eigenvalue weighted by molar-refractivity contribution is 5.78. The van der Waals surface area contributed by atoms with Crippen molar-refractivity contribution >= 4 is 11.8 Å². The van der Waals surface area contributed by atoms with E-state index in [9.17, 15) is 5.26 Å². The number of nitrogens with two attached hydrogens (primary N) is 2. The number of aryl methyl sites for hydroxylation is 1. The first-order valence-corrected chi connectivity index (χ1v) is 9.08. The first kappa shape index (κ1) is 17.8. The first-order chi connectivity index (χ1) is 12.7. The highest BCUT2D eigenvalue weighted by Crippen LogP contribution is 2.21. The third kappa shape index (κ3) is 3.97. The molecule has 136 valence electrons. The molecule has 1 fully saturated rings. The third-order valence-electron chi connectivity index (χ3n) is 4.63. The van der Waals surface area contributed by atoms with Gasteiger partial charge in [0.2, 0.25) is 0 Å². The molecule has 1 aliphatic rings. The largest absolute Gasteiger partial charge is 0.382 e. The molecule has 0 unspecified atom stereocenters. The Morgan fingerprint density at radius 3 is 2.62 bits per heavy atom. The van der Waals surface area contributed by atoms with Crippen LogP contribution in [0.5, 0.6) is 0 Å². The monoisotopic (exact) mass is 351 g/mol. The van der Waals surface area contributed by atoms with E-state index in [1.807, 2.05) is 30.3 Å². The van der Waals surface area contributed by atoms with Gasteiger partial charge in [-0.25, -0.2) is 4.68 Å². The summed E-state index contributed by atoms with van der Waals surface area (Å²) in [6, 6.07) is 11.8. The van der Waals surface area contributed by atoms with E-state index in [1.165, 1.54) is 19.3 Å².